The molecule has 0 spiro atoms. The molecule has 3 N–H and O–H groups in total. The molecule has 6 heteroatoms. The number of nitrogens with one attached hydrogen (secondary N) is 1. The third-order valence-electron chi connectivity index (χ3n) is 2.86. The standard InChI is InChI=1S/C11H17N3O2S/c1-2-13-17(15,16)14-8-4-5-9-10(12)6-3-7-11(9)14/h3,6-7,13H,2,4-5,8,12H2,1H3. The van der Waals surface area contributed by atoms with E-state index in [0.29, 0.717) is 24.5 Å². The van der Waals surface area contributed by atoms with Crippen LogP contribution in [0.1, 0.15) is 18.9 Å². The van der Waals surface area contributed by atoms with Gasteiger partial charge in [-0.25, -0.2) is 0 Å². The lowest BCUT2D eigenvalue weighted by molar-refractivity contribution is 0.574. The summed E-state index contributed by atoms with van der Waals surface area (Å²) in [5.41, 5.74) is 8.18. The molecule has 0 saturated heterocycles. The van der Waals surface area contributed by atoms with Gasteiger partial charge in [-0.1, -0.05) is 13.0 Å². The molecular weight excluding hydrogens is 238 g/mol. The molecule has 0 unspecified atom stereocenters. The van der Waals surface area contributed by atoms with Crippen LogP contribution in [0.25, 0.3) is 0 Å². The van der Waals surface area contributed by atoms with Crippen LogP contribution < -0.4 is 14.8 Å². The summed E-state index contributed by atoms with van der Waals surface area (Å²) in [4.78, 5) is 0. The van der Waals surface area contributed by atoms with E-state index in [2.05, 4.69) is 4.72 Å². The average molecular weight is 255 g/mol. The van der Waals surface area contributed by atoms with Gasteiger partial charge in [0.25, 0.3) is 0 Å². The van der Waals surface area contributed by atoms with Crippen LogP contribution in [0.4, 0.5) is 11.4 Å². The van der Waals surface area contributed by atoms with Crippen molar-refractivity contribution < 1.29 is 8.42 Å². The molecule has 0 radical (unpaired) electrons. The zero-order valence-corrected chi connectivity index (χ0v) is 10.6. The first kappa shape index (κ1) is 12.2. The molecule has 5 nitrogen and oxygen atoms in total. The normalized spacial score (nSPS) is 15.7. The van der Waals surface area contributed by atoms with E-state index in [1.165, 1.54) is 4.31 Å². The number of nitrogens with zero attached hydrogens (tertiary/aromatic N) is 1. The number of nitrogens with two attached hydrogens (primary N) is 1. The van der Waals surface area contributed by atoms with Gasteiger partial charge in [-0.3, -0.25) is 4.31 Å². The highest BCUT2D eigenvalue weighted by Gasteiger charge is 2.27. The van der Waals surface area contributed by atoms with Crippen LogP contribution in [0.5, 0.6) is 0 Å². The second kappa shape index (κ2) is 4.54. The van der Waals surface area contributed by atoms with Crippen LogP contribution >= 0.6 is 0 Å². The third kappa shape index (κ3) is 2.23. The third-order valence-corrected chi connectivity index (χ3v) is 4.47. The van der Waals surface area contributed by atoms with E-state index in [1.807, 2.05) is 6.07 Å². The van der Waals surface area contributed by atoms with E-state index in [9.17, 15) is 8.42 Å². The highest BCUT2D eigenvalue weighted by atomic mass is 32.2. The van der Waals surface area contributed by atoms with Gasteiger partial charge in [-0.2, -0.15) is 13.1 Å². The number of rotatable bonds is 3. The maximum atomic E-state index is 12.0. The Morgan fingerprint density at radius 2 is 2.24 bits per heavy atom. The van der Waals surface area contributed by atoms with Crippen molar-refractivity contribution in [1.29, 1.82) is 0 Å². The molecule has 1 heterocycles. The molecule has 0 amide bonds. The number of benzene rings is 1. The molecule has 1 aliphatic rings. The summed E-state index contributed by atoms with van der Waals surface area (Å²) >= 11 is 0. The van der Waals surface area contributed by atoms with Gasteiger partial charge in [-0.15, -0.1) is 0 Å². The Morgan fingerprint density at radius 1 is 1.47 bits per heavy atom. The smallest absolute Gasteiger partial charge is 0.301 e. The van der Waals surface area contributed by atoms with E-state index >= 15 is 0 Å². The van der Waals surface area contributed by atoms with Gasteiger partial charge in [0, 0.05) is 18.8 Å². The maximum absolute atomic E-state index is 12.0. The zero-order chi connectivity index (χ0) is 12.5. The van der Waals surface area contributed by atoms with Crippen LogP contribution in [0, 0.1) is 0 Å². The molecule has 0 aliphatic carbocycles. The van der Waals surface area contributed by atoms with Crippen molar-refractivity contribution in [3.63, 3.8) is 0 Å². The SMILES string of the molecule is CCNS(=O)(=O)N1CCCc2c(N)cccc21. The maximum Gasteiger partial charge on any atom is 0.301 e. The minimum atomic E-state index is -3.44. The van der Waals surface area contributed by atoms with E-state index < -0.39 is 10.2 Å². The lowest BCUT2D eigenvalue weighted by atomic mass is 10.0. The number of anilines is 2. The number of hydrogen-bond acceptors (Lipinski definition) is 3. The zero-order valence-electron chi connectivity index (χ0n) is 9.81. The first-order valence-corrected chi connectivity index (χ1v) is 7.15. The molecule has 0 saturated carbocycles. The molecular formula is C11H17N3O2S. The van der Waals surface area contributed by atoms with Crippen LogP contribution in [0.2, 0.25) is 0 Å². The fourth-order valence-corrected chi connectivity index (χ4v) is 3.45. The summed E-state index contributed by atoms with van der Waals surface area (Å²) in [5.74, 6) is 0. The second-order valence-corrected chi connectivity index (χ2v) is 5.70. The Bertz CT molecular complexity index is 513. The van der Waals surface area contributed by atoms with Crippen molar-refractivity contribution in [2.75, 3.05) is 23.1 Å². The summed E-state index contributed by atoms with van der Waals surface area (Å²) in [6.07, 6.45) is 1.63. The fraction of sp³-hybridized carbons (Fsp3) is 0.455. The van der Waals surface area contributed by atoms with Gasteiger partial charge in [0.05, 0.1) is 5.69 Å². The highest BCUT2D eigenvalue weighted by Crippen LogP contribution is 2.32. The van der Waals surface area contributed by atoms with Crippen LogP contribution in [0.3, 0.4) is 0 Å². The largest absolute Gasteiger partial charge is 0.398 e. The lowest BCUT2D eigenvalue weighted by Gasteiger charge is -2.30. The van der Waals surface area contributed by atoms with E-state index in [1.54, 1.807) is 19.1 Å². The second-order valence-electron chi connectivity index (χ2n) is 4.02. The van der Waals surface area contributed by atoms with Crippen molar-refractivity contribution in [2.24, 2.45) is 0 Å². The molecule has 17 heavy (non-hydrogen) atoms. The summed E-state index contributed by atoms with van der Waals surface area (Å²) in [7, 11) is -3.44. The van der Waals surface area contributed by atoms with E-state index in [4.69, 9.17) is 5.73 Å². The van der Waals surface area contributed by atoms with Crippen LogP contribution in [0.15, 0.2) is 18.2 Å². The first-order chi connectivity index (χ1) is 8.06. The Labute approximate surface area is 102 Å². The van der Waals surface area contributed by atoms with Gasteiger partial charge in [-0.05, 0) is 30.5 Å². The Balaban J connectivity index is 2.45. The van der Waals surface area contributed by atoms with Crippen molar-refractivity contribution >= 4 is 21.6 Å². The van der Waals surface area contributed by atoms with E-state index in [-0.39, 0.29) is 0 Å². The number of hydrogen-bond donors (Lipinski definition) is 2. The van der Waals surface area contributed by atoms with Crippen molar-refractivity contribution in [2.45, 2.75) is 19.8 Å². The predicted octanol–water partition coefficient (Wildman–Crippen LogP) is 0.876. The molecule has 1 aromatic rings. The predicted molar refractivity (Wildman–Crippen MR) is 69.1 cm³/mol. The molecule has 2 rings (SSSR count). The van der Waals surface area contributed by atoms with Gasteiger partial charge < -0.3 is 5.73 Å². The van der Waals surface area contributed by atoms with Gasteiger partial charge >= 0.3 is 10.2 Å². The molecule has 0 atom stereocenters. The number of nitrogen functional groups attached to an aromatic ring is 1. The monoisotopic (exact) mass is 255 g/mol. The minimum Gasteiger partial charge on any atom is -0.398 e. The Morgan fingerprint density at radius 3 is 2.94 bits per heavy atom. The fourth-order valence-electron chi connectivity index (χ4n) is 2.13. The molecule has 94 valence electrons. The summed E-state index contributed by atoms with van der Waals surface area (Å²) in [6.45, 7) is 2.66. The van der Waals surface area contributed by atoms with Crippen LogP contribution in [-0.2, 0) is 16.6 Å². The average Bonchev–Trinajstić information content (AvgIpc) is 2.29. The number of fused-ring (bicyclic) bond motifs is 1. The molecule has 1 aliphatic heterocycles. The molecule has 0 fully saturated rings. The molecule has 0 aromatic heterocycles. The Hall–Kier alpha value is -1.27. The lowest BCUT2D eigenvalue weighted by Crippen LogP contribution is -2.43. The highest BCUT2D eigenvalue weighted by molar-refractivity contribution is 7.90. The van der Waals surface area contributed by atoms with Gasteiger partial charge in [0.2, 0.25) is 0 Å². The van der Waals surface area contributed by atoms with Crippen molar-refractivity contribution in [3.05, 3.63) is 23.8 Å². The quantitative estimate of drug-likeness (QED) is 0.787. The minimum absolute atomic E-state index is 0.385. The summed E-state index contributed by atoms with van der Waals surface area (Å²) in [5, 5.41) is 0. The summed E-state index contributed by atoms with van der Waals surface area (Å²) < 4.78 is 28.0. The van der Waals surface area contributed by atoms with Crippen molar-refractivity contribution in [1.82, 2.24) is 4.72 Å². The van der Waals surface area contributed by atoms with Crippen LogP contribution in [-0.4, -0.2) is 21.5 Å². The molecule has 0 bridgehead atoms. The van der Waals surface area contributed by atoms with Gasteiger partial charge in [0.1, 0.15) is 0 Å². The van der Waals surface area contributed by atoms with Gasteiger partial charge in [0.15, 0.2) is 0 Å². The summed E-state index contributed by atoms with van der Waals surface area (Å²) in [6, 6.07) is 5.40. The topological polar surface area (TPSA) is 75.4 Å². The Kier molecular flexibility index (Phi) is 3.26. The molecule has 1 aromatic carbocycles. The van der Waals surface area contributed by atoms with Crippen molar-refractivity contribution in [3.8, 4) is 0 Å². The first-order valence-electron chi connectivity index (χ1n) is 5.71. The van der Waals surface area contributed by atoms with E-state index in [0.717, 1.165) is 18.4 Å².